The predicted molar refractivity (Wildman–Crippen MR) is 110 cm³/mol. The number of hydrogen-bond acceptors (Lipinski definition) is 5. The van der Waals surface area contributed by atoms with Crippen molar-refractivity contribution in [2.24, 2.45) is 5.41 Å². The number of phenols is 1. The number of aryl methyl sites for hydroxylation is 1. The molecule has 0 unspecified atom stereocenters. The normalized spacial score (nSPS) is 11.4. The van der Waals surface area contributed by atoms with Gasteiger partial charge in [-0.25, -0.2) is 4.98 Å². The predicted octanol–water partition coefficient (Wildman–Crippen LogP) is 4.37. The number of oxazole rings is 1. The van der Waals surface area contributed by atoms with Gasteiger partial charge in [-0.1, -0.05) is 26.8 Å². The number of hydrogen-bond donors (Lipinski definition) is 3. The van der Waals surface area contributed by atoms with Crippen molar-refractivity contribution in [3.05, 3.63) is 42.0 Å². The Morgan fingerprint density at radius 2 is 1.93 bits per heavy atom. The third-order valence-electron chi connectivity index (χ3n) is 3.94. The standard InChI is InChI=1S/C20H21N3O3S/c1-11-5-8-14-16(9-11)26-17(22-14)13-7-6-12(10-15(13)24)21-19(27)23-18(25)20(2,3)4/h5-10,24H,1-4H3,(H2,21,23,25,27). The Bertz CT molecular complexity index is 1030. The van der Waals surface area contributed by atoms with E-state index in [4.69, 9.17) is 16.6 Å². The van der Waals surface area contributed by atoms with Crippen molar-refractivity contribution >= 4 is 40.0 Å². The fourth-order valence-electron chi connectivity index (χ4n) is 2.39. The maximum absolute atomic E-state index is 12.0. The SMILES string of the molecule is Cc1ccc2nc(-c3ccc(NC(=S)NC(=O)C(C)(C)C)cc3O)oc2c1. The average Bonchev–Trinajstić information content (AvgIpc) is 2.96. The Kier molecular flexibility index (Phi) is 4.89. The van der Waals surface area contributed by atoms with Crippen LogP contribution in [0.1, 0.15) is 26.3 Å². The topological polar surface area (TPSA) is 87.4 Å². The van der Waals surface area contributed by atoms with Gasteiger partial charge in [-0.05, 0) is 49.0 Å². The zero-order valence-electron chi connectivity index (χ0n) is 15.6. The van der Waals surface area contributed by atoms with Crippen LogP contribution < -0.4 is 10.6 Å². The van der Waals surface area contributed by atoms with Gasteiger partial charge in [-0.15, -0.1) is 0 Å². The van der Waals surface area contributed by atoms with E-state index in [1.165, 1.54) is 6.07 Å². The number of anilines is 1. The Morgan fingerprint density at radius 3 is 2.59 bits per heavy atom. The summed E-state index contributed by atoms with van der Waals surface area (Å²) in [7, 11) is 0. The molecule has 0 spiro atoms. The van der Waals surface area contributed by atoms with Crippen LogP contribution in [0.4, 0.5) is 5.69 Å². The Labute approximate surface area is 162 Å². The highest BCUT2D eigenvalue weighted by molar-refractivity contribution is 7.80. The number of aromatic nitrogens is 1. The highest BCUT2D eigenvalue weighted by Gasteiger charge is 2.22. The second-order valence-electron chi connectivity index (χ2n) is 7.38. The van der Waals surface area contributed by atoms with E-state index < -0.39 is 5.41 Å². The molecule has 3 rings (SSSR count). The van der Waals surface area contributed by atoms with Crippen molar-refractivity contribution in [1.29, 1.82) is 0 Å². The maximum Gasteiger partial charge on any atom is 0.231 e. The van der Waals surface area contributed by atoms with Crippen molar-refractivity contribution in [2.75, 3.05) is 5.32 Å². The summed E-state index contributed by atoms with van der Waals surface area (Å²) in [6.45, 7) is 7.37. The molecule has 0 saturated carbocycles. The molecular formula is C20H21N3O3S. The second kappa shape index (κ2) is 7.00. The van der Waals surface area contributed by atoms with Crippen molar-refractivity contribution in [1.82, 2.24) is 10.3 Å². The van der Waals surface area contributed by atoms with E-state index in [0.29, 0.717) is 22.7 Å². The van der Waals surface area contributed by atoms with Gasteiger partial charge in [0.25, 0.3) is 0 Å². The lowest BCUT2D eigenvalue weighted by Crippen LogP contribution is -2.41. The smallest absolute Gasteiger partial charge is 0.231 e. The number of thiocarbonyl (C=S) groups is 1. The van der Waals surface area contributed by atoms with E-state index in [2.05, 4.69) is 15.6 Å². The summed E-state index contributed by atoms with van der Waals surface area (Å²) >= 11 is 5.15. The molecule has 0 fully saturated rings. The molecule has 0 saturated heterocycles. The van der Waals surface area contributed by atoms with Crippen molar-refractivity contribution in [3.8, 4) is 17.2 Å². The molecule has 3 N–H and O–H groups in total. The van der Waals surface area contributed by atoms with E-state index >= 15 is 0 Å². The van der Waals surface area contributed by atoms with Gasteiger partial charge < -0.3 is 20.2 Å². The minimum absolute atomic E-state index is 0.00627. The molecule has 27 heavy (non-hydrogen) atoms. The summed E-state index contributed by atoms with van der Waals surface area (Å²) in [4.78, 5) is 16.4. The summed E-state index contributed by atoms with van der Waals surface area (Å²) < 4.78 is 5.75. The first-order chi connectivity index (χ1) is 12.6. The zero-order chi connectivity index (χ0) is 19.8. The molecular weight excluding hydrogens is 362 g/mol. The lowest BCUT2D eigenvalue weighted by atomic mass is 9.96. The third kappa shape index (κ3) is 4.25. The molecule has 2 aromatic carbocycles. The van der Waals surface area contributed by atoms with Crippen molar-refractivity contribution < 1.29 is 14.3 Å². The Morgan fingerprint density at radius 1 is 1.19 bits per heavy atom. The number of fused-ring (bicyclic) bond motifs is 1. The van der Waals surface area contributed by atoms with E-state index in [0.717, 1.165) is 11.1 Å². The molecule has 0 atom stereocenters. The van der Waals surface area contributed by atoms with Gasteiger partial charge in [0, 0.05) is 17.2 Å². The van der Waals surface area contributed by atoms with Gasteiger partial charge in [0.15, 0.2) is 10.7 Å². The quantitative estimate of drug-likeness (QED) is 0.570. The van der Waals surface area contributed by atoms with E-state index in [1.54, 1.807) is 32.9 Å². The number of aromatic hydroxyl groups is 1. The highest BCUT2D eigenvalue weighted by Crippen LogP contribution is 2.33. The summed E-state index contributed by atoms with van der Waals surface area (Å²) in [5, 5.41) is 16.1. The highest BCUT2D eigenvalue weighted by atomic mass is 32.1. The Hall–Kier alpha value is -2.93. The van der Waals surface area contributed by atoms with Crippen LogP contribution in [0.25, 0.3) is 22.6 Å². The van der Waals surface area contributed by atoms with Crippen LogP contribution in [0, 0.1) is 12.3 Å². The molecule has 1 heterocycles. The molecule has 1 amide bonds. The molecule has 0 aliphatic carbocycles. The fourth-order valence-corrected chi connectivity index (χ4v) is 2.60. The van der Waals surface area contributed by atoms with E-state index in [1.807, 2.05) is 25.1 Å². The molecule has 1 aromatic heterocycles. The number of phenolic OH excluding ortho intramolecular Hbond substituents is 1. The molecule has 0 bridgehead atoms. The summed E-state index contributed by atoms with van der Waals surface area (Å²) in [5.74, 6) is 0.138. The lowest BCUT2D eigenvalue weighted by Gasteiger charge is -2.18. The van der Waals surface area contributed by atoms with Gasteiger partial charge in [0.05, 0.1) is 5.56 Å². The fraction of sp³-hybridized carbons (Fsp3) is 0.250. The van der Waals surface area contributed by atoms with Crippen LogP contribution in [0.15, 0.2) is 40.8 Å². The number of carbonyl (C=O) groups excluding carboxylic acids is 1. The summed E-state index contributed by atoms with van der Waals surface area (Å²) in [5.41, 5.74) is 2.92. The monoisotopic (exact) mass is 383 g/mol. The van der Waals surface area contributed by atoms with Crippen LogP contribution in [0.3, 0.4) is 0 Å². The van der Waals surface area contributed by atoms with Gasteiger partial charge in [0.1, 0.15) is 11.3 Å². The number of nitrogens with zero attached hydrogens (tertiary/aromatic N) is 1. The molecule has 140 valence electrons. The lowest BCUT2D eigenvalue weighted by molar-refractivity contribution is -0.126. The number of rotatable bonds is 2. The second-order valence-corrected chi connectivity index (χ2v) is 7.79. The molecule has 0 radical (unpaired) electrons. The first-order valence-electron chi connectivity index (χ1n) is 8.46. The minimum atomic E-state index is -0.553. The molecule has 0 aliphatic rings. The number of benzene rings is 2. The molecule has 3 aromatic rings. The van der Waals surface area contributed by atoms with Crippen molar-refractivity contribution in [3.63, 3.8) is 0 Å². The van der Waals surface area contributed by atoms with Crippen LogP contribution in [-0.4, -0.2) is 21.1 Å². The first-order valence-corrected chi connectivity index (χ1v) is 8.87. The van der Waals surface area contributed by atoms with Crippen LogP contribution in [0.2, 0.25) is 0 Å². The Balaban J connectivity index is 1.79. The first kappa shape index (κ1) is 18.8. The number of amides is 1. The molecule has 0 aliphatic heterocycles. The van der Waals surface area contributed by atoms with Crippen LogP contribution in [0.5, 0.6) is 5.75 Å². The zero-order valence-corrected chi connectivity index (χ0v) is 16.4. The molecule has 7 heteroatoms. The average molecular weight is 383 g/mol. The summed E-state index contributed by atoms with van der Waals surface area (Å²) in [6.07, 6.45) is 0. The number of carbonyl (C=O) groups is 1. The minimum Gasteiger partial charge on any atom is -0.507 e. The molecule has 6 nitrogen and oxygen atoms in total. The van der Waals surface area contributed by atoms with Gasteiger partial charge in [0.2, 0.25) is 11.8 Å². The summed E-state index contributed by atoms with van der Waals surface area (Å²) in [6, 6.07) is 10.6. The largest absolute Gasteiger partial charge is 0.507 e. The van der Waals surface area contributed by atoms with E-state index in [9.17, 15) is 9.90 Å². The van der Waals surface area contributed by atoms with Crippen LogP contribution >= 0.6 is 12.2 Å². The van der Waals surface area contributed by atoms with Gasteiger partial charge >= 0.3 is 0 Å². The van der Waals surface area contributed by atoms with E-state index in [-0.39, 0.29) is 16.8 Å². The number of nitrogens with one attached hydrogen (secondary N) is 2. The van der Waals surface area contributed by atoms with Gasteiger partial charge in [-0.2, -0.15) is 0 Å². The van der Waals surface area contributed by atoms with Crippen molar-refractivity contribution in [2.45, 2.75) is 27.7 Å². The third-order valence-corrected chi connectivity index (χ3v) is 4.14. The van der Waals surface area contributed by atoms with Crippen LogP contribution in [-0.2, 0) is 4.79 Å². The maximum atomic E-state index is 12.0. The van der Waals surface area contributed by atoms with Gasteiger partial charge in [-0.3, -0.25) is 4.79 Å².